The van der Waals surface area contributed by atoms with Crippen LogP contribution in [0.2, 0.25) is 0 Å². The van der Waals surface area contributed by atoms with E-state index in [4.69, 9.17) is 10.6 Å². The Labute approximate surface area is 121 Å². The Morgan fingerprint density at radius 2 is 2.20 bits per heavy atom. The van der Waals surface area contributed by atoms with Crippen molar-refractivity contribution >= 4 is 5.82 Å². The third kappa shape index (κ3) is 4.34. The Kier molecular flexibility index (Phi) is 5.59. The fourth-order valence-corrected chi connectivity index (χ4v) is 2.22. The van der Waals surface area contributed by atoms with Gasteiger partial charge in [-0.05, 0) is 25.2 Å². The normalized spacial score (nSPS) is 15.9. The van der Waals surface area contributed by atoms with E-state index in [0.29, 0.717) is 23.5 Å². The first kappa shape index (κ1) is 15.0. The summed E-state index contributed by atoms with van der Waals surface area (Å²) in [6, 6.07) is 1.78. The number of hydrazine groups is 1. The van der Waals surface area contributed by atoms with Crippen LogP contribution in [0, 0.1) is 5.92 Å². The lowest BCUT2D eigenvalue weighted by molar-refractivity contribution is 0.225. The van der Waals surface area contributed by atoms with E-state index in [1.807, 2.05) is 0 Å². The molecule has 20 heavy (non-hydrogen) atoms. The first-order valence-corrected chi connectivity index (χ1v) is 7.75. The van der Waals surface area contributed by atoms with Gasteiger partial charge in [-0.2, -0.15) is 4.98 Å². The predicted molar refractivity (Wildman–Crippen MR) is 80.6 cm³/mol. The molecule has 0 bridgehead atoms. The maximum atomic E-state index is 5.87. The molecule has 1 aliphatic rings. The number of anilines is 1. The highest BCUT2D eigenvalue weighted by Crippen LogP contribution is 2.39. The highest BCUT2D eigenvalue weighted by atomic mass is 16.5. The van der Waals surface area contributed by atoms with Crippen LogP contribution in [-0.4, -0.2) is 16.6 Å². The highest BCUT2D eigenvalue weighted by molar-refractivity contribution is 5.38. The van der Waals surface area contributed by atoms with Crippen LogP contribution >= 0.6 is 0 Å². The molecular formula is C15H26N4O. The van der Waals surface area contributed by atoms with Crippen molar-refractivity contribution in [3.8, 4) is 5.88 Å². The third-order valence-electron chi connectivity index (χ3n) is 3.82. The van der Waals surface area contributed by atoms with Gasteiger partial charge in [0.15, 0.2) is 0 Å². The number of nitrogens with two attached hydrogens (primary N) is 1. The van der Waals surface area contributed by atoms with E-state index in [9.17, 15) is 0 Å². The molecule has 2 rings (SSSR count). The molecule has 1 aromatic heterocycles. The molecule has 0 aromatic carbocycles. The van der Waals surface area contributed by atoms with Crippen molar-refractivity contribution in [2.75, 3.05) is 12.0 Å². The van der Waals surface area contributed by atoms with Gasteiger partial charge in [-0.15, -0.1) is 0 Å². The van der Waals surface area contributed by atoms with Gasteiger partial charge in [-0.1, -0.05) is 33.1 Å². The summed E-state index contributed by atoms with van der Waals surface area (Å²) in [5.74, 6) is 8.69. The molecule has 1 aromatic rings. The summed E-state index contributed by atoms with van der Waals surface area (Å²) in [4.78, 5) is 8.88. The van der Waals surface area contributed by atoms with Gasteiger partial charge < -0.3 is 10.2 Å². The molecule has 1 atom stereocenters. The minimum absolute atomic E-state index is 0.493. The summed E-state index contributed by atoms with van der Waals surface area (Å²) in [5, 5.41) is 0. The van der Waals surface area contributed by atoms with Gasteiger partial charge in [-0.25, -0.2) is 10.8 Å². The Morgan fingerprint density at radius 3 is 2.80 bits per heavy atom. The number of ether oxygens (including phenoxy) is 1. The second-order valence-electron chi connectivity index (χ2n) is 5.60. The molecule has 1 saturated carbocycles. The van der Waals surface area contributed by atoms with Crippen molar-refractivity contribution in [2.45, 2.75) is 58.3 Å². The molecule has 0 amide bonds. The molecule has 1 fully saturated rings. The van der Waals surface area contributed by atoms with E-state index in [1.165, 1.54) is 32.1 Å². The average Bonchev–Trinajstić information content (AvgIpc) is 3.32. The van der Waals surface area contributed by atoms with Gasteiger partial charge in [0.1, 0.15) is 11.6 Å². The molecule has 0 aliphatic heterocycles. The lowest BCUT2D eigenvalue weighted by Gasteiger charge is -2.15. The van der Waals surface area contributed by atoms with Gasteiger partial charge in [0.25, 0.3) is 0 Å². The second-order valence-corrected chi connectivity index (χ2v) is 5.60. The minimum atomic E-state index is 0.493. The topological polar surface area (TPSA) is 73.1 Å². The zero-order valence-corrected chi connectivity index (χ0v) is 12.6. The van der Waals surface area contributed by atoms with Crippen LogP contribution in [0.5, 0.6) is 5.88 Å². The van der Waals surface area contributed by atoms with E-state index >= 15 is 0 Å². The van der Waals surface area contributed by atoms with Gasteiger partial charge in [-0.3, -0.25) is 0 Å². The Bertz CT molecular complexity index is 420. The molecular weight excluding hydrogens is 252 g/mol. The molecule has 1 aliphatic carbocycles. The molecule has 0 spiro atoms. The second kappa shape index (κ2) is 7.43. The number of hydrogen-bond donors (Lipinski definition) is 2. The third-order valence-corrected chi connectivity index (χ3v) is 3.82. The number of nitrogen functional groups attached to an aromatic ring is 1. The van der Waals surface area contributed by atoms with Crippen LogP contribution in [0.15, 0.2) is 6.07 Å². The highest BCUT2D eigenvalue weighted by Gasteiger charge is 2.27. The predicted octanol–water partition coefficient (Wildman–Crippen LogP) is 3.23. The van der Waals surface area contributed by atoms with Crippen molar-refractivity contribution in [1.29, 1.82) is 0 Å². The first-order valence-electron chi connectivity index (χ1n) is 7.75. The monoisotopic (exact) mass is 278 g/mol. The summed E-state index contributed by atoms with van der Waals surface area (Å²) in [6.07, 6.45) is 7.19. The van der Waals surface area contributed by atoms with Crippen LogP contribution in [-0.2, 0) is 0 Å². The molecule has 0 saturated heterocycles. The Hall–Kier alpha value is -1.36. The standard InChI is InChI=1S/C15H26N4O/c1-3-5-6-11(4-2)10-20-14-9-13(19-16)17-15(18-14)12-7-8-12/h9,11-12H,3-8,10,16H2,1-2H3,(H,17,18,19). The number of hydrogen-bond acceptors (Lipinski definition) is 5. The lowest BCUT2D eigenvalue weighted by atomic mass is 10.0. The van der Waals surface area contributed by atoms with Crippen molar-refractivity contribution in [1.82, 2.24) is 9.97 Å². The van der Waals surface area contributed by atoms with E-state index in [2.05, 4.69) is 29.2 Å². The van der Waals surface area contributed by atoms with Crippen LogP contribution < -0.4 is 16.0 Å². The SMILES string of the molecule is CCCCC(CC)COc1cc(NN)nc(C2CC2)n1. The number of nitrogens with zero attached hydrogens (tertiary/aromatic N) is 2. The Balaban J connectivity index is 1.95. The largest absolute Gasteiger partial charge is 0.477 e. The lowest BCUT2D eigenvalue weighted by Crippen LogP contribution is -2.14. The van der Waals surface area contributed by atoms with Crippen molar-refractivity contribution in [3.05, 3.63) is 11.9 Å². The van der Waals surface area contributed by atoms with Gasteiger partial charge in [0, 0.05) is 12.0 Å². The van der Waals surface area contributed by atoms with Crippen LogP contribution in [0.4, 0.5) is 5.82 Å². The molecule has 1 unspecified atom stereocenters. The Morgan fingerprint density at radius 1 is 1.40 bits per heavy atom. The van der Waals surface area contributed by atoms with Gasteiger partial charge >= 0.3 is 0 Å². The van der Waals surface area contributed by atoms with Crippen molar-refractivity contribution < 1.29 is 4.74 Å². The number of nitrogens with one attached hydrogen (secondary N) is 1. The quantitative estimate of drug-likeness (QED) is 0.536. The van der Waals surface area contributed by atoms with E-state index < -0.39 is 0 Å². The fourth-order valence-electron chi connectivity index (χ4n) is 2.22. The number of unbranched alkanes of at least 4 members (excludes halogenated alkanes) is 1. The summed E-state index contributed by atoms with van der Waals surface area (Å²) >= 11 is 0. The number of rotatable bonds is 9. The molecule has 5 nitrogen and oxygen atoms in total. The summed E-state index contributed by atoms with van der Waals surface area (Å²) in [5.41, 5.74) is 2.60. The maximum absolute atomic E-state index is 5.87. The minimum Gasteiger partial charge on any atom is -0.477 e. The van der Waals surface area contributed by atoms with E-state index in [1.54, 1.807) is 6.07 Å². The summed E-state index contributed by atoms with van der Waals surface area (Å²) in [6.45, 7) is 5.16. The van der Waals surface area contributed by atoms with Crippen LogP contribution in [0.1, 0.15) is 64.1 Å². The van der Waals surface area contributed by atoms with Crippen molar-refractivity contribution in [2.24, 2.45) is 11.8 Å². The van der Waals surface area contributed by atoms with Crippen LogP contribution in [0.3, 0.4) is 0 Å². The zero-order chi connectivity index (χ0) is 14.4. The first-order chi connectivity index (χ1) is 9.76. The fraction of sp³-hybridized carbons (Fsp3) is 0.733. The zero-order valence-electron chi connectivity index (χ0n) is 12.6. The maximum Gasteiger partial charge on any atom is 0.218 e. The van der Waals surface area contributed by atoms with Gasteiger partial charge in [0.05, 0.1) is 6.61 Å². The van der Waals surface area contributed by atoms with E-state index in [0.717, 1.165) is 18.9 Å². The smallest absolute Gasteiger partial charge is 0.218 e. The van der Waals surface area contributed by atoms with Crippen molar-refractivity contribution in [3.63, 3.8) is 0 Å². The van der Waals surface area contributed by atoms with E-state index in [-0.39, 0.29) is 0 Å². The molecule has 5 heteroatoms. The summed E-state index contributed by atoms with van der Waals surface area (Å²) in [7, 11) is 0. The van der Waals surface area contributed by atoms with Crippen LogP contribution in [0.25, 0.3) is 0 Å². The molecule has 1 heterocycles. The molecule has 3 N–H and O–H groups in total. The van der Waals surface area contributed by atoms with Gasteiger partial charge in [0.2, 0.25) is 5.88 Å². The summed E-state index contributed by atoms with van der Waals surface area (Å²) < 4.78 is 5.87. The molecule has 112 valence electrons. The average molecular weight is 278 g/mol. The molecule has 0 radical (unpaired) electrons. The number of aromatic nitrogens is 2.